The maximum absolute atomic E-state index is 10.9. The van der Waals surface area contributed by atoms with Gasteiger partial charge in [0.05, 0.1) is 6.10 Å². The SMILES string of the molecule is C[C@H]1[C@H](C)CC[C@]2(C)CC[C@@]3(C)C4=CC[C@H]5C(C)(C)[C@H](O)CC[C@]5(C)[C@H]4CC[C@]3(C)[C@H]12. The van der Waals surface area contributed by atoms with Crippen molar-refractivity contribution in [1.29, 1.82) is 0 Å². The molecule has 5 aliphatic rings. The molecule has 176 valence electrons. The predicted molar refractivity (Wildman–Crippen MR) is 131 cm³/mol. The summed E-state index contributed by atoms with van der Waals surface area (Å²) in [6.07, 6.45) is 14.5. The molecule has 5 aliphatic carbocycles. The van der Waals surface area contributed by atoms with Gasteiger partial charge in [-0.05, 0) is 114 Å². The average molecular weight is 427 g/mol. The lowest BCUT2D eigenvalue weighted by Crippen LogP contribution is -2.64. The molecule has 1 N–H and O–H groups in total. The van der Waals surface area contributed by atoms with Crippen LogP contribution in [0.3, 0.4) is 0 Å². The number of hydrogen-bond donors (Lipinski definition) is 1. The smallest absolute Gasteiger partial charge is 0.0594 e. The molecule has 0 unspecified atom stereocenters. The van der Waals surface area contributed by atoms with E-state index < -0.39 is 0 Å². The van der Waals surface area contributed by atoms with Crippen LogP contribution in [0, 0.1) is 56.7 Å². The summed E-state index contributed by atoms with van der Waals surface area (Å²) in [5.74, 6) is 3.93. The summed E-state index contributed by atoms with van der Waals surface area (Å²) in [4.78, 5) is 0. The number of aliphatic hydroxyl groups is 1. The molecule has 0 radical (unpaired) electrons. The minimum atomic E-state index is -0.134. The van der Waals surface area contributed by atoms with Gasteiger partial charge in [-0.2, -0.15) is 0 Å². The van der Waals surface area contributed by atoms with Gasteiger partial charge in [0.15, 0.2) is 0 Å². The highest BCUT2D eigenvalue weighted by Gasteiger charge is 2.67. The molecule has 5 rings (SSSR count). The first kappa shape index (κ1) is 22.5. The Hall–Kier alpha value is -0.300. The van der Waals surface area contributed by atoms with E-state index in [9.17, 15) is 5.11 Å². The molecule has 4 saturated carbocycles. The molecular weight excluding hydrogens is 376 g/mol. The third kappa shape index (κ3) is 2.65. The van der Waals surface area contributed by atoms with Gasteiger partial charge in [0.1, 0.15) is 0 Å². The van der Waals surface area contributed by atoms with E-state index in [-0.39, 0.29) is 11.5 Å². The summed E-state index contributed by atoms with van der Waals surface area (Å²) in [5, 5.41) is 10.9. The van der Waals surface area contributed by atoms with Gasteiger partial charge in [0.25, 0.3) is 0 Å². The summed E-state index contributed by atoms with van der Waals surface area (Å²) in [6.45, 7) is 20.5. The molecule has 4 fully saturated rings. The highest BCUT2D eigenvalue weighted by Crippen LogP contribution is 2.75. The lowest BCUT2D eigenvalue weighted by molar-refractivity contribution is -0.186. The second kappa shape index (κ2) is 6.64. The van der Waals surface area contributed by atoms with Crippen LogP contribution in [-0.4, -0.2) is 11.2 Å². The van der Waals surface area contributed by atoms with Crippen molar-refractivity contribution in [2.75, 3.05) is 0 Å². The number of fused-ring (bicyclic) bond motifs is 7. The van der Waals surface area contributed by atoms with Crippen LogP contribution in [0.1, 0.15) is 113 Å². The Bertz CT molecular complexity index is 779. The van der Waals surface area contributed by atoms with Crippen LogP contribution in [0.5, 0.6) is 0 Å². The van der Waals surface area contributed by atoms with Gasteiger partial charge in [0.2, 0.25) is 0 Å². The van der Waals surface area contributed by atoms with E-state index in [2.05, 4.69) is 61.5 Å². The normalized spacial score (nSPS) is 58.3. The molecule has 0 aromatic heterocycles. The Balaban J connectivity index is 1.58. The molecule has 0 amide bonds. The summed E-state index contributed by atoms with van der Waals surface area (Å²) in [5.41, 5.74) is 3.60. The van der Waals surface area contributed by atoms with Gasteiger partial charge >= 0.3 is 0 Å². The molecule has 0 aliphatic heterocycles. The van der Waals surface area contributed by atoms with Gasteiger partial charge < -0.3 is 5.11 Å². The maximum Gasteiger partial charge on any atom is 0.0594 e. The largest absolute Gasteiger partial charge is 0.393 e. The maximum atomic E-state index is 10.9. The van der Waals surface area contributed by atoms with Gasteiger partial charge in [-0.1, -0.05) is 67.0 Å². The van der Waals surface area contributed by atoms with E-state index in [4.69, 9.17) is 0 Å². The Kier molecular flexibility index (Phi) is 4.82. The molecular formula is C30H50O. The Morgan fingerprint density at radius 3 is 2.26 bits per heavy atom. The lowest BCUT2D eigenvalue weighted by atomic mass is 9.33. The molecule has 0 bridgehead atoms. The monoisotopic (exact) mass is 426 g/mol. The number of hydrogen-bond acceptors (Lipinski definition) is 1. The molecule has 0 heterocycles. The summed E-state index contributed by atoms with van der Waals surface area (Å²) < 4.78 is 0. The second-order valence-electron chi connectivity index (χ2n) is 14.7. The van der Waals surface area contributed by atoms with E-state index in [1.807, 2.05) is 5.57 Å². The number of allylic oxidation sites excluding steroid dienone is 2. The van der Waals surface area contributed by atoms with E-state index in [0.717, 1.165) is 30.1 Å². The fraction of sp³-hybridized carbons (Fsp3) is 0.933. The fourth-order valence-electron chi connectivity index (χ4n) is 11.0. The van der Waals surface area contributed by atoms with Crippen LogP contribution in [0.4, 0.5) is 0 Å². The average Bonchev–Trinajstić information content (AvgIpc) is 2.70. The molecule has 0 spiro atoms. The van der Waals surface area contributed by atoms with Crippen LogP contribution >= 0.6 is 0 Å². The van der Waals surface area contributed by atoms with E-state index in [0.29, 0.717) is 27.6 Å². The Labute approximate surface area is 192 Å². The molecule has 1 nitrogen and oxygen atoms in total. The molecule has 0 aromatic rings. The second-order valence-corrected chi connectivity index (χ2v) is 14.7. The van der Waals surface area contributed by atoms with Crippen LogP contribution in [-0.2, 0) is 0 Å². The first-order chi connectivity index (χ1) is 14.3. The van der Waals surface area contributed by atoms with Crippen LogP contribution < -0.4 is 0 Å². The van der Waals surface area contributed by atoms with Crippen molar-refractivity contribution >= 4 is 0 Å². The minimum Gasteiger partial charge on any atom is -0.393 e. The Morgan fingerprint density at radius 2 is 1.55 bits per heavy atom. The number of rotatable bonds is 0. The van der Waals surface area contributed by atoms with Crippen LogP contribution in [0.2, 0.25) is 0 Å². The summed E-state index contributed by atoms with van der Waals surface area (Å²) >= 11 is 0. The van der Waals surface area contributed by atoms with Crippen molar-refractivity contribution in [3.63, 3.8) is 0 Å². The molecule has 0 saturated heterocycles. The predicted octanol–water partition coefficient (Wildman–Crippen LogP) is 8.02. The zero-order chi connectivity index (χ0) is 22.6. The zero-order valence-electron chi connectivity index (χ0n) is 21.9. The molecule has 1 heteroatoms. The fourth-order valence-corrected chi connectivity index (χ4v) is 11.0. The number of aliphatic hydroxyl groups excluding tert-OH is 1. The highest BCUT2D eigenvalue weighted by molar-refractivity contribution is 5.33. The molecule has 31 heavy (non-hydrogen) atoms. The van der Waals surface area contributed by atoms with Crippen molar-refractivity contribution in [3.05, 3.63) is 11.6 Å². The first-order valence-corrected chi connectivity index (χ1v) is 13.7. The van der Waals surface area contributed by atoms with Gasteiger partial charge in [-0.25, -0.2) is 0 Å². The van der Waals surface area contributed by atoms with Crippen molar-refractivity contribution < 1.29 is 5.11 Å². The van der Waals surface area contributed by atoms with Crippen LogP contribution in [0.15, 0.2) is 11.6 Å². The zero-order valence-corrected chi connectivity index (χ0v) is 21.9. The molecule has 0 aromatic carbocycles. The minimum absolute atomic E-state index is 0.0368. The Morgan fingerprint density at radius 1 is 0.839 bits per heavy atom. The van der Waals surface area contributed by atoms with Crippen molar-refractivity contribution in [3.8, 4) is 0 Å². The van der Waals surface area contributed by atoms with Crippen molar-refractivity contribution in [2.24, 2.45) is 56.7 Å². The summed E-state index contributed by atoms with van der Waals surface area (Å²) in [6, 6.07) is 0. The van der Waals surface area contributed by atoms with Gasteiger partial charge in [0, 0.05) is 0 Å². The summed E-state index contributed by atoms with van der Waals surface area (Å²) in [7, 11) is 0. The molecule has 10 atom stereocenters. The van der Waals surface area contributed by atoms with E-state index in [1.165, 1.54) is 51.4 Å². The van der Waals surface area contributed by atoms with E-state index >= 15 is 0 Å². The van der Waals surface area contributed by atoms with Gasteiger partial charge in [-0.15, -0.1) is 0 Å². The van der Waals surface area contributed by atoms with Crippen molar-refractivity contribution in [1.82, 2.24) is 0 Å². The van der Waals surface area contributed by atoms with Gasteiger partial charge in [-0.3, -0.25) is 0 Å². The van der Waals surface area contributed by atoms with Crippen LogP contribution in [0.25, 0.3) is 0 Å². The topological polar surface area (TPSA) is 20.2 Å². The standard InChI is InChI=1S/C30H50O/c1-19-11-14-27(5)17-18-29(7)22-9-10-23-26(3,4)24(31)13-15-28(23,6)21(22)12-16-30(29,8)25(27)20(19)2/h9,19-21,23-25,31H,10-18H2,1-8H3/t19-,20+,21+,23+,24-,25-,27-,28-,29+,30-/m1/s1. The highest BCUT2D eigenvalue weighted by atomic mass is 16.3. The lowest BCUT2D eigenvalue weighted by Gasteiger charge is -2.71. The quantitative estimate of drug-likeness (QED) is 0.389. The first-order valence-electron chi connectivity index (χ1n) is 13.7. The third-order valence-corrected chi connectivity index (χ3v) is 13.3. The van der Waals surface area contributed by atoms with Crippen molar-refractivity contribution in [2.45, 2.75) is 119 Å². The third-order valence-electron chi connectivity index (χ3n) is 13.3. The van der Waals surface area contributed by atoms with E-state index in [1.54, 1.807) is 0 Å².